The number of nitrogens with one attached hydrogen (secondary N) is 2. The number of imidazole rings is 1. The van der Waals surface area contributed by atoms with E-state index in [1.165, 1.54) is 7.11 Å². The molecule has 0 saturated heterocycles. The van der Waals surface area contributed by atoms with Crippen molar-refractivity contribution in [3.63, 3.8) is 0 Å². The Labute approximate surface area is 213 Å². The number of ether oxygens (including phenoxy) is 2. The SMILES string of the molecule is COc1ccc(C(=O)Nc2cccc(-c3cnc4c(NC(=O)c5ccccc5)cccn34)c2)cc1OC. The molecule has 0 atom stereocenters. The third kappa shape index (κ3) is 4.85. The van der Waals surface area contributed by atoms with Gasteiger partial charge in [0.1, 0.15) is 0 Å². The van der Waals surface area contributed by atoms with Crippen molar-refractivity contribution < 1.29 is 19.1 Å². The molecule has 8 heteroatoms. The summed E-state index contributed by atoms with van der Waals surface area (Å²) in [5.74, 6) is 0.540. The van der Waals surface area contributed by atoms with Gasteiger partial charge in [0.05, 0.1) is 31.8 Å². The summed E-state index contributed by atoms with van der Waals surface area (Å²) in [6.45, 7) is 0. The highest BCUT2D eigenvalue weighted by molar-refractivity contribution is 6.06. The number of pyridine rings is 1. The van der Waals surface area contributed by atoms with Crippen molar-refractivity contribution in [2.45, 2.75) is 0 Å². The highest BCUT2D eigenvalue weighted by Crippen LogP contribution is 2.29. The zero-order valence-electron chi connectivity index (χ0n) is 20.3. The molecule has 0 aliphatic heterocycles. The van der Waals surface area contributed by atoms with Crippen molar-refractivity contribution in [3.8, 4) is 22.8 Å². The van der Waals surface area contributed by atoms with E-state index in [1.54, 1.807) is 43.6 Å². The molecule has 0 spiro atoms. The van der Waals surface area contributed by atoms with Gasteiger partial charge in [-0.2, -0.15) is 0 Å². The molecular formula is C29H24N4O4. The first-order valence-corrected chi connectivity index (χ1v) is 11.5. The molecule has 5 aromatic rings. The van der Waals surface area contributed by atoms with Crippen LogP contribution in [0.3, 0.4) is 0 Å². The van der Waals surface area contributed by atoms with E-state index in [1.807, 2.05) is 65.2 Å². The average molecular weight is 493 g/mol. The monoisotopic (exact) mass is 492 g/mol. The number of fused-ring (bicyclic) bond motifs is 1. The van der Waals surface area contributed by atoms with Crippen LogP contribution in [0.25, 0.3) is 16.9 Å². The molecule has 0 bridgehead atoms. The van der Waals surface area contributed by atoms with Crippen LogP contribution < -0.4 is 20.1 Å². The van der Waals surface area contributed by atoms with Crippen LogP contribution in [0.1, 0.15) is 20.7 Å². The largest absolute Gasteiger partial charge is 0.493 e. The molecule has 0 saturated carbocycles. The lowest BCUT2D eigenvalue weighted by molar-refractivity contribution is 0.101. The fourth-order valence-corrected chi connectivity index (χ4v) is 4.04. The fourth-order valence-electron chi connectivity index (χ4n) is 4.04. The number of carbonyl (C=O) groups excluding carboxylic acids is 2. The number of hydrogen-bond donors (Lipinski definition) is 2. The Morgan fingerprint density at radius 2 is 1.54 bits per heavy atom. The van der Waals surface area contributed by atoms with Crippen molar-refractivity contribution >= 4 is 28.8 Å². The Bertz CT molecular complexity index is 1590. The van der Waals surface area contributed by atoms with Crippen LogP contribution in [-0.2, 0) is 0 Å². The summed E-state index contributed by atoms with van der Waals surface area (Å²) in [6.07, 6.45) is 3.62. The minimum atomic E-state index is -0.276. The van der Waals surface area contributed by atoms with Gasteiger partial charge in [-0.25, -0.2) is 4.98 Å². The van der Waals surface area contributed by atoms with Crippen LogP contribution in [0, 0.1) is 0 Å². The molecule has 2 heterocycles. The Hall–Kier alpha value is -5.11. The minimum Gasteiger partial charge on any atom is -0.493 e. The van der Waals surface area contributed by atoms with Crippen LogP contribution in [0.2, 0.25) is 0 Å². The van der Waals surface area contributed by atoms with Gasteiger partial charge in [-0.3, -0.25) is 14.0 Å². The summed E-state index contributed by atoms with van der Waals surface area (Å²) < 4.78 is 12.4. The molecule has 184 valence electrons. The molecule has 2 aromatic heterocycles. The third-order valence-corrected chi connectivity index (χ3v) is 5.88. The Morgan fingerprint density at radius 3 is 2.32 bits per heavy atom. The normalized spacial score (nSPS) is 10.6. The number of benzene rings is 3. The summed E-state index contributed by atoms with van der Waals surface area (Å²) in [7, 11) is 3.07. The quantitative estimate of drug-likeness (QED) is 0.312. The number of hydrogen-bond acceptors (Lipinski definition) is 5. The fraction of sp³-hybridized carbons (Fsp3) is 0.0690. The van der Waals surface area contributed by atoms with E-state index in [0.717, 1.165) is 11.3 Å². The summed E-state index contributed by atoms with van der Waals surface area (Å²) >= 11 is 0. The predicted molar refractivity (Wildman–Crippen MR) is 143 cm³/mol. The van der Waals surface area contributed by atoms with Gasteiger partial charge in [0.25, 0.3) is 11.8 Å². The van der Waals surface area contributed by atoms with Crippen LogP contribution in [0.15, 0.2) is 97.3 Å². The number of nitrogens with zero attached hydrogens (tertiary/aromatic N) is 2. The number of aromatic nitrogens is 2. The number of amides is 2. The molecule has 5 rings (SSSR count). The molecular weight excluding hydrogens is 468 g/mol. The van der Waals surface area contributed by atoms with E-state index in [2.05, 4.69) is 15.6 Å². The smallest absolute Gasteiger partial charge is 0.255 e. The number of methoxy groups -OCH3 is 2. The van der Waals surface area contributed by atoms with Gasteiger partial charge >= 0.3 is 0 Å². The first-order valence-electron chi connectivity index (χ1n) is 11.5. The Morgan fingerprint density at radius 1 is 0.757 bits per heavy atom. The highest BCUT2D eigenvalue weighted by atomic mass is 16.5. The average Bonchev–Trinajstić information content (AvgIpc) is 3.38. The maximum atomic E-state index is 12.9. The summed E-state index contributed by atoms with van der Waals surface area (Å²) in [6, 6.07) is 25.2. The van der Waals surface area contributed by atoms with E-state index < -0.39 is 0 Å². The second-order valence-corrected chi connectivity index (χ2v) is 8.18. The van der Waals surface area contributed by atoms with E-state index in [-0.39, 0.29) is 11.8 Å². The lowest BCUT2D eigenvalue weighted by atomic mass is 10.1. The van der Waals surface area contributed by atoms with Crippen molar-refractivity contribution in [2.24, 2.45) is 0 Å². The van der Waals surface area contributed by atoms with Gasteiger partial charge in [0.15, 0.2) is 17.1 Å². The predicted octanol–water partition coefficient (Wildman–Crippen LogP) is 5.52. The number of carbonyl (C=O) groups is 2. The third-order valence-electron chi connectivity index (χ3n) is 5.88. The lowest BCUT2D eigenvalue weighted by Gasteiger charge is -2.11. The van der Waals surface area contributed by atoms with E-state index in [0.29, 0.717) is 39.6 Å². The first kappa shape index (κ1) is 23.6. The first-order chi connectivity index (χ1) is 18.1. The van der Waals surface area contributed by atoms with Crippen molar-refractivity contribution in [3.05, 3.63) is 108 Å². The van der Waals surface area contributed by atoms with Crippen LogP contribution >= 0.6 is 0 Å². The Kier molecular flexibility index (Phi) is 6.54. The van der Waals surface area contributed by atoms with Gasteiger partial charge in [-0.1, -0.05) is 30.3 Å². The van der Waals surface area contributed by atoms with E-state index in [4.69, 9.17) is 9.47 Å². The van der Waals surface area contributed by atoms with Gasteiger partial charge in [0.2, 0.25) is 0 Å². The van der Waals surface area contributed by atoms with Gasteiger partial charge in [-0.15, -0.1) is 0 Å². The minimum absolute atomic E-state index is 0.210. The second-order valence-electron chi connectivity index (χ2n) is 8.18. The number of anilines is 2. The topological polar surface area (TPSA) is 94.0 Å². The summed E-state index contributed by atoms with van der Waals surface area (Å²) in [5, 5.41) is 5.87. The molecule has 2 N–H and O–H groups in total. The summed E-state index contributed by atoms with van der Waals surface area (Å²) in [5.41, 5.74) is 4.51. The van der Waals surface area contributed by atoms with Crippen molar-refractivity contribution in [1.29, 1.82) is 0 Å². The maximum absolute atomic E-state index is 12.9. The standard InChI is InChI=1S/C29H24N4O4/c1-36-25-14-13-21(17-26(25)37-2)29(35)31-22-11-6-10-20(16-22)24-18-30-27-23(12-7-15-33(24)27)32-28(34)19-8-4-3-5-9-19/h3-18H,1-2H3,(H,31,35)(H,32,34). The van der Waals surface area contributed by atoms with Crippen LogP contribution in [-0.4, -0.2) is 35.4 Å². The van der Waals surface area contributed by atoms with Gasteiger partial charge in [0, 0.05) is 28.6 Å². The zero-order valence-corrected chi connectivity index (χ0v) is 20.3. The second kappa shape index (κ2) is 10.2. The van der Waals surface area contributed by atoms with E-state index >= 15 is 0 Å². The molecule has 0 aliphatic carbocycles. The van der Waals surface area contributed by atoms with E-state index in [9.17, 15) is 9.59 Å². The maximum Gasteiger partial charge on any atom is 0.255 e. The molecule has 37 heavy (non-hydrogen) atoms. The molecule has 0 fully saturated rings. The van der Waals surface area contributed by atoms with Crippen LogP contribution in [0.4, 0.5) is 11.4 Å². The highest BCUT2D eigenvalue weighted by Gasteiger charge is 2.14. The number of rotatable bonds is 7. The van der Waals surface area contributed by atoms with Crippen molar-refractivity contribution in [2.75, 3.05) is 24.9 Å². The lowest BCUT2D eigenvalue weighted by Crippen LogP contribution is -2.12. The molecule has 0 aliphatic rings. The molecule has 3 aromatic carbocycles. The van der Waals surface area contributed by atoms with Crippen LogP contribution in [0.5, 0.6) is 11.5 Å². The van der Waals surface area contributed by atoms with Crippen molar-refractivity contribution in [1.82, 2.24) is 9.38 Å². The molecule has 8 nitrogen and oxygen atoms in total. The van der Waals surface area contributed by atoms with Gasteiger partial charge < -0.3 is 20.1 Å². The molecule has 0 unspecified atom stereocenters. The van der Waals surface area contributed by atoms with Gasteiger partial charge in [-0.05, 0) is 54.6 Å². The summed E-state index contributed by atoms with van der Waals surface area (Å²) in [4.78, 5) is 30.1. The Balaban J connectivity index is 1.40. The molecule has 0 radical (unpaired) electrons. The molecule has 2 amide bonds. The zero-order chi connectivity index (χ0) is 25.8.